The van der Waals surface area contributed by atoms with Gasteiger partial charge in [0.25, 0.3) is 5.91 Å². The molecule has 194 valence electrons. The molecule has 2 N–H and O–H groups in total. The van der Waals surface area contributed by atoms with Crippen molar-refractivity contribution in [3.05, 3.63) is 71.4 Å². The second-order valence-corrected chi connectivity index (χ2v) is 11.2. The second-order valence-electron chi connectivity index (χ2n) is 11.2. The number of amides is 1. The first-order chi connectivity index (χ1) is 17.6. The molecule has 3 aliphatic rings. The summed E-state index contributed by atoms with van der Waals surface area (Å²) in [5.41, 5.74) is 1.02. The zero-order valence-corrected chi connectivity index (χ0v) is 20.4. The predicted molar refractivity (Wildman–Crippen MR) is 132 cm³/mol. The number of hydrogen-bond acceptors (Lipinski definition) is 2. The summed E-state index contributed by atoms with van der Waals surface area (Å²) in [4.78, 5) is 25.4. The van der Waals surface area contributed by atoms with E-state index in [0.29, 0.717) is 24.1 Å². The lowest BCUT2D eigenvalue weighted by Gasteiger charge is -2.43. The molecule has 8 heteroatoms. The van der Waals surface area contributed by atoms with Gasteiger partial charge in [-0.1, -0.05) is 24.3 Å². The van der Waals surface area contributed by atoms with Crippen molar-refractivity contribution >= 4 is 22.8 Å². The van der Waals surface area contributed by atoms with Crippen LogP contribution in [-0.2, 0) is 17.5 Å². The van der Waals surface area contributed by atoms with Gasteiger partial charge >= 0.3 is 12.1 Å². The van der Waals surface area contributed by atoms with Crippen LogP contribution in [0.1, 0.15) is 66.4 Å². The number of aromatic nitrogens is 1. The van der Waals surface area contributed by atoms with Crippen molar-refractivity contribution in [3.63, 3.8) is 0 Å². The molecular weight excluding hydrogens is 481 g/mol. The van der Waals surface area contributed by atoms with Crippen LogP contribution in [0, 0.1) is 17.3 Å². The van der Waals surface area contributed by atoms with Crippen LogP contribution in [0.5, 0.6) is 0 Å². The summed E-state index contributed by atoms with van der Waals surface area (Å²) in [5, 5.41) is 13.9. The number of nitrogens with one attached hydrogen (secondary N) is 1. The lowest BCUT2D eigenvalue weighted by atomic mass is 9.66. The van der Waals surface area contributed by atoms with Crippen LogP contribution >= 0.6 is 0 Å². The van der Waals surface area contributed by atoms with E-state index in [1.54, 1.807) is 6.07 Å². The number of aliphatic carboxylic acids is 1. The largest absolute Gasteiger partial charge is 0.481 e. The van der Waals surface area contributed by atoms with Crippen LogP contribution in [0.4, 0.5) is 13.2 Å². The van der Waals surface area contributed by atoms with Crippen LogP contribution in [0.25, 0.3) is 10.9 Å². The molecule has 1 aromatic heterocycles. The fourth-order valence-corrected chi connectivity index (χ4v) is 7.17. The van der Waals surface area contributed by atoms with Crippen molar-refractivity contribution in [2.75, 3.05) is 0 Å². The number of benzene rings is 2. The fraction of sp³-hybridized carbons (Fsp3) is 0.448. The van der Waals surface area contributed by atoms with Gasteiger partial charge in [0.15, 0.2) is 0 Å². The van der Waals surface area contributed by atoms with E-state index >= 15 is 0 Å². The maximum absolute atomic E-state index is 13.7. The highest BCUT2D eigenvalue weighted by Crippen LogP contribution is 2.65. The number of carboxylic acid groups (broad SMARTS) is 1. The number of rotatable bonds is 6. The minimum atomic E-state index is -4.38. The molecule has 3 atom stereocenters. The Hall–Kier alpha value is -3.29. The lowest BCUT2D eigenvalue weighted by Crippen LogP contribution is -2.51. The van der Waals surface area contributed by atoms with Crippen LogP contribution in [0.2, 0.25) is 0 Å². The summed E-state index contributed by atoms with van der Waals surface area (Å²) in [6, 6.07) is 12.6. The highest BCUT2D eigenvalue weighted by atomic mass is 19.4. The van der Waals surface area contributed by atoms with Gasteiger partial charge in [0, 0.05) is 23.7 Å². The molecule has 3 saturated carbocycles. The van der Waals surface area contributed by atoms with Crippen molar-refractivity contribution in [3.8, 4) is 0 Å². The highest BCUT2D eigenvalue weighted by Gasteiger charge is 2.64. The summed E-state index contributed by atoms with van der Waals surface area (Å²) in [7, 11) is 0. The van der Waals surface area contributed by atoms with Gasteiger partial charge in [0.2, 0.25) is 0 Å². The molecule has 3 aliphatic carbocycles. The normalized spacial score (nSPS) is 26.2. The Balaban J connectivity index is 1.25. The molecule has 3 fully saturated rings. The number of hydrogen-bond donors (Lipinski definition) is 2. The molecule has 0 spiro atoms. The number of halogens is 3. The molecular formula is C29H29F3N2O3. The summed E-state index contributed by atoms with van der Waals surface area (Å²) in [6.45, 7) is 0.346. The van der Waals surface area contributed by atoms with E-state index in [1.807, 2.05) is 29.0 Å². The van der Waals surface area contributed by atoms with Crippen molar-refractivity contribution in [2.45, 2.75) is 63.2 Å². The van der Waals surface area contributed by atoms with E-state index in [0.717, 1.165) is 61.6 Å². The van der Waals surface area contributed by atoms with Crippen molar-refractivity contribution in [2.24, 2.45) is 17.3 Å². The Labute approximate surface area is 212 Å². The molecule has 37 heavy (non-hydrogen) atoms. The molecule has 3 unspecified atom stereocenters. The molecule has 3 aromatic rings. The van der Waals surface area contributed by atoms with E-state index in [1.165, 1.54) is 12.1 Å². The van der Waals surface area contributed by atoms with Crippen LogP contribution < -0.4 is 5.32 Å². The Morgan fingerprint density at radius 1 is 1.00 bits per heavy atom. The SMILES string of the molecule is O=C(NC1(C23CCC(C2)C(C(=O)O)CC3)CC1)c1cccc2ccn(Cc3ccc(C(F)(F)F)cc3)c12. The molecule has 0 radical (unpaired) electrons. The molecule has 2 bridgehead atoms. The molecule has 6 rings (SSSR count). The van der Waals surface area contributed by atoms with Crippen molar-refractivity contribution < 1.29 is 27.9 Å². The summed E-state index contributed by atoms with van der Waals surface area (Å²) in [6.07, 6.45) is 3.51. The van der Waals surface area contributed by atoms with Gasteiger partial charge < -0.3 is 15.0 Å². The van der Waals surface area contributed by atoms with Crippen molar-refractivity contribution in [1.82, 2.24) is 9.88 Å². The van der Waals surface area contributed by atoms with Gasteiger partial charge in [-0.2, -0.15) is 13.2 Å². The number of carbonyl (C=O) groups is 2. The number of para-hydroxylation sites is 1. The Morgan fingerprint density at radius 2 is 1.73 bits per heavy atom. The van der Waals surface area contributed by atoms with E-state index < -0.39 is 17.7 Å². The number of alkyl halides is 3. The molecule has 1 amide bonds. The van der Waals surface area contributed by atoms with E-state index in [9.17, 15) is 27.9 Å². The Kier molecular flexibility index (Phi) is 5.44. The minimum Gasteiger partial charge on any atom is -0.481 e. The standard InChI is InChI=1S/C29H29F3N2O3/c30-29(31,32)21-6-4-18(5-7-21)17-34-15-10-19-2-1-3-23(24(19)34)25(35)33-28(13-14-28)27-11-8-20(16-27)22(9-12-27)26(36)37/h1-7,10,15,20,22H,8-9,11-14,16-17H2,(H,33,35)(H,36,37). The maximum atomic E-state index is 13.7. The van der Waals surface area contributed by atoms with Gasteiger partial charge in [-0.3, -0.25) is 9.59 Å². The number of nitrogens with zero attached hydrogens (tertiary/aromatic N) is 1. The topological polar surface area (TPSA) is 71.3 Å². The van der Waals surface area contributed by atoms with E-state index in [-0.39, 0.29) is 28.7 Å². The molecule has 5 nitrogen and oxygen atoms in total. The highest BCUT2D eigenvalue weighted by molar-refractivity contribution is 6.06. The third-order valence-electron chi connectivity index (χ3n) is 9.25. The van der Waals surface area contributed by atoms with Gasteiger partial charge in [0.1, 0.15) is 0 Å². The van der Waals surface area contributed by atoms with Gasteiger partial charge in [-0.15, -0.1) is 0 Å². The summed E-state index contributed by atoms with van der Waals surface area (Å²) in [5.74, 6) is -0.933. The quantitative estimate of drug-likeness (QED) is 0.412. The van der Waals surface area contributed by atoms with Gasteiger partial charge in [0.05, 0.1) is 22.6 Å². The molecule has 1 heterocycles. The smallest absolute Gasteiger partial charge is 0.416 e. The Morgan fingerprint density at radius 3 is 2.41 bits per heavy atom. The van der Waals surface area contributed by atoms with Crippen LogP contribution in [0.15, 0.2) is 54.7 Å². The Bertz CT molecular complexity index is 1370. The third kappa shape index (κ3) is 4.01. The lowest BCUT2D eigenvalue weighted by molar-refractivity contribution is -0.145. The summed E-state index contributed by atoms with van der Waals surface area (Å²) >= 11 is 0. The number of fused-ring (bicyclic) bond motifs is 3. The molecule has 0 saturated heterocycles. The van der Waals surface area contributed by atoms with Gasteiger partial charge in [-0.25, -0.2) is 0 Å². The van der Waals surface area contributed by atoms with Crippen LogP contribution in [-0.4, -0.2) is 27.1 Å². The predicted octanol–water partition coefficient (Wildman–Crippen LogP) is 6.25. The number of carbonyl (C=O) groups excluding carboxylic acids is 1. The fourth-order valence-electron chi connectivity index (χ4n) is 7.17. The zero-order valence-electron chi connectivity index (χ0n) is 20.4. The first-order valence-corrected chi connectivity index (χ1v) is 12.9. The average Bonchev–Trinajstić information content (AvgIpc) is 3.42. The maximum Gasteiger partial charge on any atom is 0.416 e. The average molecular weight is 511 g/mol. The molecule has 0 aliphatic heterocycles. The minimum absolute atomic E-state index is 0.0323. The summed E-state index contributed by atoms with van der Waals surface area (Å²) < 4.78 is 40.8. The first kappa shape index (κ1) is 24.1. The van der Waals surface area contributed by atoms with Crippen LogP contribution in [0.3, 0.4) is 0 Å². The first-order valence-electron chi connectivity index (χ1n) is 12.9. The number of carboxylic acids is 1. The van der Waals surface area contributed by atoms with Gasteiger partial charge in [-0.05, 0) is 86.1 Å². The third-order valence-corrected chi connectivity index (χ3v) is 9.25. The van der Waals surface area contributed by atoms with E-state index in [4.69, 9.17) is 0 Å². The zero-order chi connectivity index (χ0) is 26.0. The van der Waals surface area contributed by atoms with E-state index in [2.05, 4.69) is 5.32 Å². The van der Waals surface area contributed by atoms with Crippen molar-refractivity contribution in [1.29, 1.82) is 0 Å². The second kappa shape index (κ2) is 8.36. The molecule has 2 aromatic carbocycles. The monoisotopic (exact) mass is 510 g/mol.